The third-order valence-corrected chi connectivity index (χ3v) is 4.53. The summed E-state index contributed by atoms with van der Waals surface area (Å²) in [6.07, 6.45) is 1.65. The number of benzene rings is 2. The predicted molar refractivity (Wildman–Crippen MR) is 88.3 cm³/mol. The van der Waals surface area contributed by atoms with Gasteiger partial charge in [0.2, 0.25) is 0 Å². The fourth-order valence-electron chi connectivity index (χ4n) is 2.43. The highest BCUT2D eigenvalue weighted by Gasteiger charge is 2.11. The van der Waals surface area contributed by atoms with Gasteiger partial charge in [-0.3, -0.25) is 0 Å². The zero-order valence-electron chi connectivity index (χ0n) is 11.2. The first-order chi connectivity index (χ1) is 10.4. The largest absolute Gasteiger partial charge is 0.236 e. The normalized spacial score (nSPS) is 10.9. The summed E-state index contributed by atoms with van der Waals surface area (Å²) in [6, 6.07) is 22.9. The molecule has 0 aliphatic carbocycles. The van der Waals surface area contributed by atoms with Crippen LogP contribution in [0.5, 0.6) is 0 Å². The number of aromatic nitrogens is 2. The Kier molecular flexibility index (Phi) is 2.98. The molecule has 4 aromatic rings. The van der Waals surface area contributed by atoms with Gasteiger partial charge >= 0.3 is 0 Å². The minimum atomic E-state index is 0.999. The minimum absolute atomic E-state index is 0.999. The molecule has 0 spiro atoms. The monoisotopic (exact) mass is 288 g/mol. The number of hydrogen-bond acceptors (Lipinski definition) is 3. The van der Waals surface area contributed by atoms with E-state index in [-0.39, 0.29) is 0 Å². The van der Waals surface area contributed by atoms with Crippen molar-refractivity contribution in [3.63, 3.8) is 0 Å². The van der Waals surface area contributed by atoms with Gasteiger partial charge < -0.3 is 0 Å². The third kappa shape index (κ3) is 2.22. The van der Waals surface area contributed by atoms with E-state index in [1.807, 2.05) is 24.3 Å². The van der Waals surface area contributed by atoms with Crippen molar-refractivity contribution < 1.29 is 0 Å². The van der Waals surface area contributed by atoms with E-state index in [1.165, 1.54) is 10.4 Å². The topological polar surface area (TPSA) is 25.8 Å². The van der Waals surface area contributed by atoms with Gasteiger partial charge in [0, 0.05) is 15.8 Å². The zero-order valence-corrected chi connectivity index (χ0v) is 12.0. The maximum atomic E-state index is 4.48. The van der Waals surface area contributed by atoms with E-state index >= 15 is 0 Å². The molecule has 2 nitrogen and oxygen atoms in total. The smallest absolute Gasteiger partial charge is 0.127 e. The summed E-state index contributed by atoms with van der Waals surface area (Å²) in [5, 5.41) is 1.12. The standard InChI is InChI=1S/C18H12N2S/c1-3-7-13(8-4-1)16-11-15-17(14-9-5-2-6-10-14)19-12-20-18(15)21-16/h1-12H. The first-order valence-corrected chi connectivity index (χ1v) is 7.59. The first-order valence-electron chi connectivity index (χ1n) is 6.77. The molecule has 4 rings (SSSR count). The van der Waals surface area contributed by atoms with Gasteiger partial charge in [-0.25, -0.2) is 9.97 Å². The molecular formula is C18H12N2S. The lowest BCUT2D eigenvalue weighted by atomic mass is 10.1. The van der Waals surface area contributed by atoms with E-state index in [0.717, 1.165) is 21.5 Å². The minimum Gasteiger partial charge on any atom is -0.236 e. The van der Waals surface area contributed by atoms with E-state index in [9.17, 15) is 0 Å². The van der Waals surface area contributed by atoms with Gasteiger partial charge in [0.05, 0.1) is 5.69 Å². The number of nitrogens with zero attached hydrogens (tertiary/aromatic N) is 2. The van der Waals surface area contributed by atoms with E-state index in [2.05, 4.69) is 52.4 Å². The lowest BCUT2D eigenvalue weighted by molar-refractivity contribution is 1.24. The van der Waals surface area contributed by atoms with Crippen LogP contribution >= 0.6 is 11.3 Å². The van der Waals surface area contributed by atoms with E-state index in [0.29, 0.717) is 0 Å². The molecule has 0 aliphatic rings. The van der Waals surface area contributed by atoms with Gasteiger partial charge in [-0.15, -0.1) is 11.3 Å². The Morgan fingerprint density at radius 2 is 1.38 bits per heavy atom. The van der Waals surface area contributed by atoms with E-state index in [4.69, 9.17) is 0 Å². The van der Waals surface area contributed by atoms with Crippen LogP contribution in [0.15, 0.2) is 73.1 Å². The molecule has 0 N–H and O–H groups in total. The number of rotatable bonds is 2. The summed E-state index contributed by atoms with van der Waals surface area (Å²) in [4.78, 5) is 11.2. The van der Waals surface area contributed by atoms with Crippen LogP contribution in [0.4, 0.5) is 0 Å². The molecule has 0 fully saturated rings. The number of fused-ring (bicyclic) bond motifs is 1. The summed E-state index contributed by atoms with van der Waals surface area (Å²) in [6.45, 7) is 0. The van der Waals surface area contributed by atoms with Gasteiger partial charge in [-0.1, -0.05) is 60.7 Å². The molecule has 0 bridgehead atoms. The molecule has 0 unspecified atom stereocenters. The summed E-state index contributed by atoms with van der Waals surface area (Å²) >= 11 is 1.71. The highest BCUT2D eigenvalue weighted by molar-refractivity contribution is 7.21. The maximum absolute atomic E-state index is 4.48. The van der Waals surface area contributed by atoms with Crippen LogP contribution in [0, 0.1) is 0 Å². The highest BCUT2D eigenvalue weighted by Crippen LogP contribution is 2.36. The van der Waals surface area contributed by atoms with Crippen molar-refractivity contribution >= 4 is 21.6 Å². The summed E-state index contributed by atoms with van der Waals surface area (Å²) in [5.74, 6) is 0. The van der Waals surface area contributed by atoms with Crippen LogP contribution in [0.1, 0.15) is 0 Å². The van der Waals surface area contributed by atoms with Crippen LogP contribution in [-0.2, 0) is 0 Å². The second-order valence-electron chi connectivity index (χ2n) is 4.78. The summed E-state index contributed by atoms with van der Waals surface area (Å²) in [7, 11) is 0. The molecule has 3 heteroatoms. The van der Waals surface area contributed by atoms with Gasteiger partial charge in [-0.05, 0) is 11.6 Å². The first kappa shape index (κ1) is 12.2. The molecular weight excluding hydrogens is 276 g/mol. The molecule has 0 saturated heterocycles. The predicted octanol–water partition coefficient (Wildman–Crippen LogP) is 5.03. The second kappa shape index (κ2) is 5.11. The summed E-state index contributed by atoms with van der Waals surface area (Å²) < 4.78 is 0. The summed E-state index contributed by atoms with van der Waals surface area (Å²) in [5.41, 5.74) is 3.35. The maximum Gasteiger partial charge on any atom is 0.127 e. The van der Waals surface area contributed by atoms with Gasteiger partial charge in [0.1, 0.15) is 11.2 Å². The molecule has 2 heterocycles. The molecule has 0 amide bonds. The molecule has 2 aromatic heterocycles. The molecule has 100 valence electrons. The highest BCUT2D eigenvalue weighted by atomic mass is 32.1. The lowest BCUT2D eigenvalue weighted by Crippen LogP contribution is -1.85. The molecule has 0 saturated carbocycles. The van der Waals surface area contributed by atoms with Crippen molar-refractivity contribution in [3.8, 4) is 21.7 Å². The molecule has 0 aliphatic heterocycles. The van der Waals surface area contributed by atoms with Gasteiger partial charge in [-0.2, -0.15) is 0 Å². The molecule has 2 aromatic carbocycles. The molecule has 0 radical (unpaired) electrons. The SMILES string of the molecule is c1ccc(-c2cc3c(-c4ccccc4)ncnc3s2)cc1. The number of thiophene rings is 1. The lowest BCUT2D eigenvalue weighted by Gasteiger charge is -2.00. The average molecular weight is 288 g/mol. The average Bonchev–Trinajstić information content (AvgIpc) is 3.00. The number of hydrogen-bond donors (Lipinski definition) is 0. The Labute approximate surface area is 126 Å². The quantitative estimate of drug-likeness (QED) is 0.517. The Morgan fingerprint density at radius 1 is 0.714 bits per heavy atom. The van der Waals surface area contributed by atoms with E-state index < -0.39 is 0 Å². The van der Waals surface area contributed by atoms with Gasteiger partial charge in [0.25, 0.3) is 0 Å². The van der Waals surface area contributed by atoms with Crippen molar-refractivity contribution in [1.82, 2.24) is 9.97 Å². The Hall–Kier alpha value is -2.52. The Morgan fingerprint density at radius 3 is 2.10 bits per heavy atom. The molecule has 21 heavy (non-hydrogen) atoms. The van der Waals surface area contributed by atoms with Crippen molar-refractivity contribution in [2.75, 3.05) is 0 Å². The zero-order chi connectivity index (χ0) is 14.1. The Balaban J connectivity index is 1.93. The van der Waals surface area contributed by atoms with Crippen molar-refractivity contribution in [3.05, 3.63) is 73.1 Å². The second-order valence-corrected chi connectivity index (χ2v) is 5.81. The Bertz CT molecular complexity index is 883. The van der Waals surface area contributed by atoms with Crippen LogP contribution in [-0.4, -0.2) is 9.97 Å². The van der Waals surface area contributed by atoms with Crippen LogP contribution < -0.4 is 0 Å². The fraction of sp³-hybridized carbons (Fsp3) is 0. The fourth-order valence-corrected chi connectivity index (χ4v) is 3.43. The van der Waals surface area contributed by atoms with Gasteiger partial charge in [0.15, 0.2) is 0 Å². The van der Waals surface area contributed by atoms with Crippen molar-refractivity contribution in [1.29, 1.82) is 0 Å². The third-order valence-electron chi connectivity index (χ3n) is 3.43. The van der Waals surface area contributed by atoms with Crippen molar-refractivity contribution in [2.45, 2.75) is 0 Å². The van der Waals surface area contributed by atoms with Crippen molar-refractivity contribution in [2.24, 2.45) is 0 Å². The van der Waals surface area contributed by atoms with Crippen LogP contribution in [0.25, 0.3) is 31.9 Å². The van der Waals surface area contributed by atoms with E-state index in [1.54, 1.807) is 17.7 Å². The van der Waals surface area contributed by atoms with Crippen LogP contribution in [0.2, 0.25) is 0 Å². The molecule has 0 atom stereocenters. The van der Waals surface area contributed by atoms with Crippen LogP contribution in [0.3, 0.4) is 0 Å².